The minimum absolute atomic E-state index is 0.892. The van der Waals surface area contributed by atoms with Gasteiger partial charge in [0, 0.05) is 0 Å². The Balaban J connectivity index is 2.65. The number of thiazole rings is 1. The zero-order chi connectivity index (χ0) is 12.6. The number of hydrogen-bond acceptors (Lipinski definition) is 3. The Bertz CT molecular complexity index is 543. The second kappa shape index (κ2) is 4.78. The first-order chi connectivity index (χ1) is 8.02. The number of aryl methyl sites for hydroxylation is 3. The number of ether oxygens (including phenoxy) is 1. The fourth-order valence-corrected chi connectivity index (χ4v) is 3.31. The van der Waals surface area contributed by atoms with E-state index in [9.17, 15) is 0 Å². The normalized spacial score (nSPS) is 10.6. The van der Waals surface area contributed by atoms with Crippen molar-refractivity contribution in [3.8, 4) is 16.3 Å². The lowest BCUT2D eigenvalue weighted by Gasteiger charge is -2.10. The Labute approximate surface area is 114 Å². The van der Waals surface area contributed by atoms with Gasteiger partial charge in [-0.15, -0.1) is 11.3 Å². The molecule has 1 aromatic carbocycles. The van der Waals surface area contributed by atoms with Crippen molar-refractivity contribution in [2.75, 3.05) is 7.11 Å². The van der Waals surface area contributed by atoms with Crippen LogP contribution in [0.3, 0.4) is 0 Å². The minimum Gasteiger partial charge on any atom is -0.496 e. The second-order valence-electron chi connectivity index (χ2n) is 4.04. The van der Waals surface area contributed by atoms with Gasteiger partial charge in [-0.3, -0.25) is 0 Å². The highest BCUT2D eigenvalue weighted by Crippen LogP contribution is 2.39. The van der Waals surface area contributed by atoms with Gasteiger partial charge < -0.3 is 4.74 Å². The van der Waals surface area contributed by atoms with Crippen molar-refractivity contribution in [3.05, 3.63) is 32.7 Å². The van der Waals surface area contributed by atoms with Gasteiger partial charge in [0.2, 0.25) is 0 Å². The number of benzene rings is 1. The third kappa shape index (κ3) is 2.38. The molecule has 1 heterocycles. The average Bonchev–Trinajstić information content (AvgIpc) is 2.57. The highest BCUT2D eigenvalue weighted by Gasteiger charge is 2.15. The van der Waals surface area contributed by atoms with E-state index < -0.39 is 0 Å². The SMILES string of the molecule is COc1cc(C)cc(C)c1-c1nc(C)c(Br)s1. The van der Waals surface area contributed by atoms with Crippen LogP contribution in [0, 0.1) is 20.8 Å². The summed E-state index contributed by atoms with van der Waals surface area (Å²) in [7, 11) is 1.70. The maximum atomic E-state index is 5.46. The summed E-state index contributed by atoms with van der Waals surface area (Å²) in [6.45, 7) is 6.16. The highest BCUT2D eigenvalue weighted by atomic mass is 79.9. The lowest BCUT2D eigenvalue weighted by molar-refractivity contribution is 0.416. The van der Waals surface area contributed by atoms with Gasteiger partial charge in [0.05, 0.1) is 22.2 Å². The zero-order valence-corrected chi connectivity index (χ0v) is 12.7. The summed E-state index contributed by atoms with van der Waals surface area (Å²) < 4.78 is 6.54. The Hall–Kier alpha value is -0.870. The molecule has 4 heteroatoms. The van der Waals surface area contributed by atoms with Gasteiger partial charge in [-0.2, -0.15) is 0 Å². The van der Waals surface area contributed by atoms with Gasteiger partial charge in [0.25, 0.3) is 0 Å². The Morgan fingerprint density at radius 1 is 1.24 bits per heavy atom. The molecule has 0 unspecified atom stereocenters. The molecule has 90 valence electrons. The van der Waals surface area contributed by atoms with Crippen LogP contribution in [0.5, 0.6) is 5.75 Å². The molecule has 0 aliphatic heterocycles. The van der Waals surface area contributed by atoms with Crippen LogP contribution in [0.25, 0.3) is 10.6 Å². The van der Waals surface area contributed by atoms with Gasteiger partial charge in [-0.25, -0.2) is 4.98 Å². The molecule has 0 saturated heterocycles. The van der Waals surface area contributed by atoms with Gasteiger partial charge in [-0.1, -0.05) is 6.07 Å². The van der Waals surface area contributed by atoms with Crippen molar-refractivity contribution in [3.63, 3.8) is 0 Å². The summed E-state index contributed by atoms with van der Waals surface area (Å²) in [5, 5.41) is 1.00. The van der Waals surface area contributed by atoms with Crippen molar-refractivity contribution in [1.29, 1.82) is 0 Å². The average molecular weight is 312 g/mol. The molecule has 0 bridgehead atoms. The number of rotatable bonds is 2. The Morgan fingerprint density at radius 3 is 2.47 bits per heavy atom. The van der Waals surface area contributed by atoms with Gasteiger partial charge in [0.15, 0.2) is 0 Å². The lowest BCUT2D eigenvalue weighted by Crippen LogP contribution is -1.92. The number of nitrogens with zero attached hydrogens (tertiary/aromatic N) is 1. The van der Waals surface area contributed by atoms with Crippen molar-refractivity contribution >= 4 is 27.3 Å². The highest BCUT2D eigenvalue weighted by molar-refractivity contribution is 9.11. The summed E-state index contributed by atoms with van der Waals surface area (Å²) in [6, 6.07) is 4.20. The van der Waals surface area contributed by atoms with Crippen molar-refractivity contribution in [2.24, 2.45) is 0 Å². The first-order valence-electron chi connectivity index (χ1n) is 5.31. The molecular weight excluding hydrogens is 298 g/mol. The number of hydrogen-bond donors (Lipinski definition) is 0. The first-order valence-corrected chi connectivity index (χ1v) is 6.92. The van der Waals surface area contributed by atoms with E-state index >= 15 is 0 Å². The summed E-state index contributed by atoms with van der Waals surface area (Å²) in [6.07, 6.45) is 0. The standard InChI is InChI=1S/C13H14BrNOS/c1-7-5-8(2)11(10(6-7)16-4)13-15-9(3)12(14)17-13/h5-6H,1-4H3. The molecule has 2 nitrogen and oxygen atoms in total. The van der Waals surface area contributed by atoms with E-state index in [2.05, 4.69) is 40.8 Å². The lowest BCUT2D eigenvalue weighted by atomic mass is 10.0. The molecule has 0 aliphatic carbocycles. The number of aromatic nitrogens is 1. The summed E-state index contributed by atoms with van der Waals surface area (Å²) in [5.41, 5.74) is 4.52. The minimum atomic E-state index is 0.892. The predicted molar refractivity (Wildman–Crippen MR) is 76.0 cm³/mol. The van der Waals surface area contributed by atoms with Gasteiger partial charge in [0.1, 0.15) is 10.8 Å². The van der Waals surface area contributed by atoms with E-state index in [-0.39, 0.29) is 0 Å². The third-order valence-electron chi connectivity index (χ3n) is 2.62. The second-order valence-corrected chi connectivity index (χ2v) is 6.35. The molecule has 0 saturated carbocycles. The molecule has 0 spiro atoms. The smallest absolute Gasteiger partial charge is 0.129 e. The fourth-order valence-electron chi connectivity index (χ4n) is 1.85. The fraction of sp³-hybridized carbons (Fsp3) is 0.308. The topological polar surface area (TPSA) is 22.1 Å². The quantitative estimate of drug-likeness (QED) is 0.814. The maximum Gasteiger partial charge on any atom is 0.129 e. The molecule has 0 aliphatic rings. The van der Waals surface area contributed by atoms with Crippen LogP contribution in [-0.4, -0.2) is 12.1 Å². The van der Waals surface area contributed by atoms with E-state index in [1.165, 1.54) is 11.1 Å². The summed E-state index contributed by atoms with van der Waals surface area (Å²) >= 11 is 5.16. The number of halogens is 1. The van der Waals surface area contributed by atoms with E-state index in [0.29, 0.717) is 0 Å². The molecule has 0 atom stereocenters. The van der Waals surface area contributed by atoms with Crippen LogP contribution in [-0.2, 0) is 0 Å². The number of methoxy groups -OCH3 is 1. The van der Waals surface area contributed by atoms with Crippen LogP contribution < -0.4 is 4.74 Å². The third-order valence-corrected chi connectivity index (χ3v) is 4.64. The van der Waals surface area contributed by atoms with E-state index in [0.717, 1.165) is 25.8 Å². The Kier molecular flexibility index (Phi) is 3.54. The summed E-state index contributed by atoms with van der Waals surface area (Å²) in [5.74, 6) is 0.892. The molecule has 2 rings (SSSR count). The van der Waals surface area contributed by atoms with Gasteiger partial charge in [-0.05, 0) is 53.9 Å². The van der Waals surface area contributed by atoms with Crippen molar-refractivity contribution in [1.82, 2.24) is 4.98 Å². The molecular formula is C13H14BrNOS. The van der Waals surface area contributed by atoms with Crippen LogP contribution in [0.1, 0.15) is 16.8 Å². The van der Waals surface area contributed by atoms with E-state index in [1.807, 2.05) is 13.0 Å². The zero-order valence-electron chi connectivity index (χ0n) is 10.3. The van der Waals surface area contributed by atoms with Gasteiger partial charge >= 0.3 is 0 Å². The van der Waals surface area contributed by atoms with Crippen molar-refractivity contribution in [2.45, 2.75) is 20.8 Å². The molecule has 2 aromatic rings. The maximum absolute atomic E-state index is 5.46. The predicted octanol–water partition coefficient (Wildman–Crippen LogP) is 4.51. The molecule has 17 heavy (non-hydrogen) atoms. The molecule has 0 fully saturated rings. The monoisotopic (exact) mass is 311 g/mol. The molecule has 1 aromatic heterocycles. The van der Waals surface area contributed by atoms with Crippen LogP contribution in [0.2, 0.25) is 0 Å². The first kappa shape index (κ1) is 12.6. The molecule has 0 amide bonds. The van der Waals surface area contributed by atoms with E-state index in [1.54, 1.807) is 18.4 Å². The van der Waals surface area contributed by atoms with Crippen LogP contribution >= 0.6 is 27.3 Å². The Morgan fingerprint density at radius 2 is 1.94 bits per heavy atom. The van der Waals surface area contributed by atoms with Crippen LogP contribution in [0.15, 0.2) is 15.9 Å². The molecule has 0 radical (unpaired) electrons. The summed E-state index contributed by atoms with van der Waals surface area (Å²) in [4.78, 5) is 4.57. The largest absolute Gasteiger partial charge is 0.496 e. The molecule has 0 N–H and O–H groups in total. The van der Waals surface area contributed by atoms with Crippen molar-refractivity contribution < 1.29 is 4.74 Å². The van der Waals surface area contributed by atoms with Crippen LogP contribution in [0.4, 0.5) is 0 Å². The van der Waals surface area contributed by atoms with E-state index in [4.69, 9.17) is 4.74 Å².